The molecule has 4 heteroatoms. The Kier molecular flexibility index (Phi) is 19.5. The van der Waals surface area contributed by atoms with Crippen LogP contribution in [0.3, 0.4) is 0 Å². The molecule has 0 aromatic carbocycles. The van der Waals surface area contributed by atoms with Crippen molar-refractivity contribution >= 4 is 0 Å². The van der Waals surface area contributed by atoms with Gasteiger partial charge >= 0.3 is 0 Å². The summed E-state index contributed by atoms with van der Waals surface area (Å²) in [6.07, 6.45) is 11.1. The number of ether oxygens (including phenoxy) is 1. The van der Waals surface area contributed by atoms with Crippen molar-refractivity contribution < 1.29 is 4.74 Å². The molecule has 0 saturated carbocycles. The summed E-state index contributed by atoms with van der Waals surface area (Å²) in [5.74, 6) is 7.35. The number of hydrogen-bond acceptors (Lipinski definition) is 4. The number of piperidine rings is 3. The van der Waals surface area contributed by atoms with E-state index in [1.807, 2.05) is 0 Å². The van der Waals surface area contributed by atoms with Crippen molar-refractivity contribution in [1.82, 2.24) is 14.7 Å². The highest BCUT2D eigenvalue weighted by Gasteiger charge is 2.21. The van der Waals surface area contributed by atoms with Crippen LogP contribution in [0.15, 0.2) is 0 Å². The van der Waals surface area contributed by atoms with Gasteiger partial charge in [-0.3, -0.25) is 0 Å². The van der Waals surface area contributed by atoms with Gasteiger partial charge in [-0.2, -0.15) is 0 Å². The van der Waals surface area contributed by atoms with Crippen LogP contribution >= 0.6 is 0 Å². The van der Waals surface area contributed by atoms with Gasteiger partial charge in [-0.05, 0) is 146 Å². The molecule has 4 heterocycles. The van der Waals surface area contributed by atoms with E-state index in [4.69, 9.17) is 4.74 Å². The summed E-state index contributed by atoms with van der Waals surface area (Å²) >= 11 is 0. The molecule has 4 aliphatic rings. The highest BCUT2D eigenvalue weighted by molar-refractivity contribution is 4.74. The third kappa shape index (κ3) is 16.8. The molecule has 2 atom stereocenters. The maximum absolute atomic E-state index is 5.25. The molecule has 39 heavy (non-hydrogen) atoms. The van der Waals surface area contributed by atoms with Gasteiger partial charge in [-0.25, -0.2) is 0 Å². The lowest BCUT2D eigenvalue weighted by Crippen LogP contribution is -2.34. The molecule has 234 valence electrons. The number of rotatable bonds is 4. The second kappa shape index (κ2) is 20.7. The van der Waals surface area contributed by atoms with Gasteiger partial charge in [-0.15, -0.1) is 0 Å². The predicted octanol–water partition coefficient (Wildman–Crippen LogP) is 8.02. The first-order valence-electron chi connectivity index (χ1n) is 17.0. The maximum atomic E-state index is 5.25. The van der Waals surface area contributed by atoms with E-state index < -0.39 is 0 Å². The molecule has 2 unspecified atom stereocenters. The standard InChI is InChI=1S/3C9H19N.C8H16O/c1-8(2)9-4-6-10(3)7-5-9;2*1-8(2)9-5-4-6-10(3)7-9;1-7(2)8-3-5-9-6-4-8/h3*8-9H,4-7H2,1-3H3;7-8H,3-6H2,1-2H3. The molecule has 0 aromatic heterocycles. The van der Waals surface area contributed by atoms with E-state index in [9.17, 15) is 0 Å². The molecule has 4 aliphatic heterocycles. The summed E-state index contributed by atoms with van der Waals surface area (Å²) in [4.78, 5) is 7.33. The van der Waals surface area contributed by atoms with Crippen molar-refractivity contribution in [3.05, 3.63) is 0 Å². The fraction of sp³-hybridized carbons (Fsp3) is 1.00. The smallest absolute Gasteiger partial charge is 0.0468 e. The van der Waals surface area contributed by atoms with E-state index in [2.05, 4.69) is 91.2 Å². The third-order valence-corrected chi connectivity index (χ3v) is 10.1. The summed E-state index contributed by atoms with van der Waals surface area (Å²) < 4.78 is 5.25. The molecule has 4 fully saturated rings. The lowest BCUT2D eigenvalue weighted by atomic mass is 9.87. The fourth-order valence-corrected chi connectivity index (χ4v) is 6.58. The van der Waals surface area contributed by atoms with Crippen LogP contribution in [-0.2, 0) is 4.74 Å². The first-order chi connectivity index (χ1) is 18.4. The highest BCUT2D eigenvalue weighted by Crippen LogP contribution is 2.24. The molecule has 0 N–H and O–H groups in total. The van der Waals surface area contributed by atoms with Gasteiger partial charge in [0.25, 0.3) is 0 Å². The van der Waals surface area contributed by atoms with Gasteiger partial charge in [-0.1, -0.05) is 55.4 Å². The fourth-order valence-electron chi connectivity index (χ4n) is 6.58. The second-order valence-corrected chi connectivity index (χ2v) is 14.9. The second-order valence-electron chi connectivity index (χ2n) is 14.9. The van der Waals surface area contributed by atoms with E-state index in [0.717, 1.165) is 60.6 Å². The average Bonchev–Trinajstić information content (AvgIpc) is 2.90. The van der Waals surface area contributed by atoms with E-state index in [-0.39, 0.29) is 0 Å². The molecule has 0 aromatic rings. The summed E-state index contributed by atoms with van der Waals surface area (Å²) in [6, 6.07) is 0. The van der Waals surface area contributed by atoms with E-state index in [1.165, 1.54) is 90.6 Å². The minimum atomic E-state index is 0.855. The topological polar surface area (TPSA) is 19.0 Å². The summed E-state index contributed by atoms with van der Waals surface area (Å²) in [5.41, 5.74) is 0. The number of nitrogens with zero attached hydrogens (tertiary/aromatic N) is 3. The Hall–Kier alpha value is -0.160. The predicted molar refractivity (Wildman–Crippen MR) is 174 cm³/mol. The van der Waals surface area contributed by atoms with Crippen LogP contribution in [0.5, 0.6) is 0 Å². The summed E-state index contributed by atoms with van der Waals surface area (Å²) in [6.45, 7) is 28.5. The highest BCUT2D eigenvalue weighted by atomic mass is 16.5. The van der Waals surface area contributed by atoms with Gasteiger partial charge in [0.05, 0.1) is 0 Å². The zero-order valence-corrected chi connectivity index (χ0v) is 28.7. The van der Waals surface area contributed by atoms with Crippen molar-refractivity contribution in [1.29, 1.82) is 0 Å². The Labute approximate surface area is 247 Å². The zero-order valence-electron chi connectivity index (χ0n) is 28.7. The average molecular weight is 552 g/mol. The lowest BCUT2D eigenvalue weighted by Gasteiger charge is -2.31. The Bertz CT molecular complexity index is 538. The van der Waals surface area contributed by atoms with E-state index in [1.54, 1.807) is 0 Å². The number of hydrogen-bond donors (Lipinski definition) is 0. The zero-order chi connectivity index (χ0) is 29.4. The van der Waals surface area contributed by atoms with Crippen LogP contribution in [0.1, 0.15) is 107 Å². The SMILES string of the molecule is CC(C)C1CCCN(C)C1.CC(C)C1CCCN(C)C1.CC(C)C1CCN(C)CC1.CC(C)C1CCOCC1. The normalized spacial score (nSPS) is 26.5. The van der Waals surface area contributed by atoms with Crippen LogP contribution in [0.4, 0.5) is 0 Å². The molecule has 0 aliphatic carbocycles. The van der Waals surface area contributed by atoms with Crippen LogP contribution in [-0.4, -0.2) is 88.3 Å². The Morgan fingerprint density at radius 1 is 0.436 bits per heavy atom. The van der Waals surface area contributed by atoms with Gasteiger partial charge in [0.1, 0.15) is 0 Å². The van der Waals surface area contributed by atoms with Crippen molar-refractivity contribution in [2.24, 2.45) is 47.3 Å². The van der Waals surface area contributed by atoms with E-state index in [0.29, 0.717) is 0 Å². The summed E-state index contributed by atoms with van der Waals surface area (Å²) in [5, 5.41) is 0. The van der Waals surface area contributed by atoms with Crippen molar-refractivity contribution in [2.45, 2.75) is 107 Å². The van der Waals surface area contributed by atoms with Crippen molar-refractivity contribution in [2.75, 3.05) is 73.6 Å². The maximum Gasteiger partial charge on any atom is 0.0468 e. The minimum absolute atomic E-state index is 0.855. The Morgan fingerprint density at radius 3 is 1.08 bits per heavy atom. The Morgan fingerprint density at radius 2 is 0.795 bits per heavy atom. The Balaban J connectivity index is 0.000000260. The van der Waals surface area contributed by atoms with Gasteiger partial charge in [0, 0.05) is 26.3 Å². The first kappa shape index (κ1) is 36.9. The molecule has 0 bridgehead atoms. The molecular weight excluding hydrogens is 478 g/mol. The third-order valence-electron chi connectivity index (χ3n) is 10.1. The van der Waals surface area contributed by atoms with Crippen LogP contribution in [0.25, 0.3) is 0 Å². The molecular formula is C35H73N3O. The largest absolute Gasteiger partial charge is 0.381 e. The molecule has 0 spiro atoms. The first-order valence-corrected chi connectivity index (χ1v) is 17.0. The minimum Gasteiger partial charge on any atom is -0.381 e. The van der Waals surface area contributed by atoms with Gasteiger partial charge in [0.2, 0.25) is 0 Å². The van der Waals surface area contributed by atoms with Crippen LogP contribution < -0.4 is 0 Å². The van der Waals surface area contributed by atoms with Crippen LogP contribution in [0.2, 0.25) is 0 Å². The number of likely N-dealkylation sites (tertiary alicyclic amines) is 3. The van der Waals surface area contributed by atoms with Crippen LogP contribution in [0, 0.1) is 47.3 Å². The lowest BCUT2D eigenvalue weighted by molar-refractivity contribution is 0.0523. The quantitative estimate of drug-likeness (QED) is 0.352. The monoisotopic (exact) mass is 552 g/mol. The molecule has 4 rings (SSSR count). The summed E-state index contributed by atoms with van der Waals surface area (Å²) in [7, 11) is 6.68. The van der Waals surface area contributed by atoms with Crippen molar-refractivity contribution in [3.8, 4) is 0 Å². The molecule has 0 radical (unpaired) electrons. The van der Waals surface area contributed by atoms with Gasteiger partial charge in [0.15, 0.2) is 0 Å². The molecule has 4 nitrogen and oxygen atoms in total. The molecule has 0 amide bonds. The molecule has 4 saturated heterocycles. The van der Waals surface area contributed by atoms with E-state index >= 15 is 0 Å². The van der Waals surface area contributed by atoms with Crippen molar-refractivity contribution in [3.63, 3.8) is 0 Å². The van der Waals surface area contributed by atoms with Gasteiger partial charge < -0.3 is 19.4 Å².